The molecule has 0 radical (unpaired) electrons. The Labute approximate surface area is 86.5 Å². The SMILES string of the molecule is CCOC(=O)[C@@H](CC(=O)OC)C[N+](=O)[O-]. The molecule has 0 unspecified atom stereocenters. The molecule has 0 amide bonds. The van der Waals surface area contributed by atoms with E-state index in [4.69, 9.17) is 0 Å². The predicted octanol–water partition coefficient (Wildman–Crippen LogP) is 0.00550. The summed E-state index contributed by atoms with van der Waals surface area (Å²) < 4.78 is 8.92. The maximum Gasteiger partial charge on any atom is 0.316 e. The highest BCUT2D eigenvalue weighted by Crippen LogP contribution is 2.07. The van der Waals surface area contributed by atoms with E-state index in [0.29, 0.717) is 0 Å². The first-order valence-corrected chi connectivity index (χ1v) is 4.36. The van der Waals surface area contributed by atoms with Gasteiger partial charge in [-0.25, -0.2) is 0 Å². The standard InChI is InChI=1S/C8H13NO6/c1-3-15-8(11)6(5-9(12)13)4-7(10)14-2/h6H,3-5H2,1-2H3/t6-/m0/s1. The summed E-state index contributed by atoms with van der Waals surface area (Å²) in [5, 5.41) is 10.2. The molecule has 0 bridgehead atoms. The summed E-state index contributed by atoms with van der Waals surface area (Å²) in [4.78, 5) is 31.6. The predicted molar refractivity (Wildman–Crippen MR) is 48.6 cm³/mol. The highest BCUT2D eigenvalue weighted by atomic mass is 16.6. The molecule has 0 spiro atoms. The minimum Gasteiger partial charge on any atom is -0.469 e. The molecule has 0 heterocycles. The van der Waals surface area contributed by atoms with Crippen molar-refractivity contribution < 1.29 is 24.0 Å². The zero-order valence-corrected chi connectivity index (χ0v) is 8.60. The van der Waals surface area contributed by atoms with Crippen LogP contribution in [0, 0.1) is 16.0 Å². The largest absolute Gasteiger partial charge is 0.469 e. The molecule has 86 valence electrons. The fraction of sp³-hybridized carbons (Fsp3) is 0.750. The topological polar surface area (TPSA) is 95.7 Å². The third-order valence-corrected chi connectivity index (χ3v) is 1.63. The van der Waals surface area contributed by atoms with Crippen LogP contribution in [-0.4, -0.2) is 37.1 Å². The van der Waals surface area contributed by atoms with Crippen LogP contribution in [-0.2, 0) is 19.1 Å². The summed E-state index contributed by atoms with van der Waals surface area (Å²) in [6.45, 7) is 1.07. The Kier molecular flexibility index (Phi) is 6.00. The van der Waals surface area contributed by atoms with Crippen LogP contribution in [0.25, 0.3) is 0 Å². The Morgan fingerprint density at radius 3 is 2.47 bits per heavy atom. The lowest BCUT2D eigenvalue weighted by molar-refractivity contribution is -0.486. The zero-order valence-electron chi connectivity index (χ0n) is 8.60. The van der Waals surface area contributed by atoms with Crippen molar-refractivity contribution in [2.45, 2.75) is 13.3 Å². The molecule has 0 aromatic heterocycles. The van der Waals surface area contributed by atoms with Gasteiger partial charge in [-0.2, -0.15) is 0 Å². The smallest absolute Gasteiger partial charge is 0.316 e. The van der Waals surface area contributed by atoms with E-state index < -0.39 is 29.3 Å². The zero-order chi connectivity index (χ0) is 11.8. The van der Waals surface area contributed by atoms with Gasteiger partial charge >= 0.3 is 11.9 Å². The van der Waals surface area contributed by atoms with Crippen molar-refractivity contribution in [2.24, 2.45) is 5.92 Å². The molecule has 0 fully saturated rings. The molecule has 7 heteroatoms. The van der Waals surface area contributed by atoms with Crippen LogP contribution in [0.4, 0.5) is 0 Å². The number of nitro groups is 1. The van der Waals surface area contributed by atoms with E-state index in [9.17, 15) is 19.7 Å². The van der Waals surface area contributed by atoms with Crippen LogP contribution >= 0.6 is 0 Å². The third-order valence-electron chi connectivity index (χ3n) is 1.63. The van der Waals surface area contributed by atoms with Gasteiger partial charge in [0.1, 0.15) is 5.92 Å². The lowest BCUT2D eigenvalue weighted by Crippen LogP contribution is -2.28. The van der Waals surface area contributed by atoms with E-state index in [2.05, 4.69) is 9.47 Å². The van der Waals surface area contributed by atoms with Gasteiger partial charge < -0.3 is 9.47 Å². The average molecular weight is 219 g/mol. The third kappa shape index (κ3) is 5.61. The Balaban J connectivity index is 4.36. The van der Waals surface area contributed by atoms with E-state index in [1.54, 1.807) is 6.92 Å². The molecular formula is C8H13NO6. The number of rotatable bonds is 6. The van der Waals surface area contributed by atoms with Crippen molar-refractivity contribution in [3.8, 4) is 0 Å². The molecule has 1 atom stereocenters. The molecule has 0 aliphatic heterocycles. The van der Waals surface area contributed by atoms with Crippen molar-refractivity contribution in [1.82, 2.24) is 0 Å². The first-order valence-electron chi connectivity index (χ1n) is 4.36. The van der Waals surface area contributed by atoms with E-state index in [1.165, 1.54) is 0 Å². The minimum atomic E-state index is -1.08. The molecule has 0 aliphatic rings. The van der Waals surface area contributed by atoms with Crippen molar-refractivity contribution >= 4 is 11.9 Å². The van der Waals surface area contributed by atoms with Gasteiger partial charge in [-0.05, 0) is 6.92 Å². The second-order valence-electron chi connectivity index (χ2n) is 2.74. The summed E-state index contributed by atoms with van der Waals surface area (Å²) in [6, 6.07) is 0. The molecule has 0 aliphatic carbocycles. The summed E-state index contributed by atoms with van der Waals surface area (Å²) in [5.41, 5.74) is 0. The van der Waals surface area contributed by atoms with Crippen molar-refractivity contribution in [3.63, 3.8) is 0 Å². The summed E-state index contributed by atoms with van der Waals surface area (Å²) in [7, 11) is 1.15. The Hall–Kier alpha value is -1.66. The van der Waals surface area contributed by atoms with Crippen molar-refractivity contribution in [3.05, 3.63) is 10.1 Å². The number of carbonyl (C=O) groups is 2. The quantitative estimate of drug-likeness (QED) is 0.354. The molecule has 7 nitrogen and oxygen atoms in total. The number of methoxy groups -OCH3 is 1. The Morgan fingerprint density at radius 1 is 1.47 bits per heavy atom. The average Bonchev–Trinajstić information content (AvgIpc) is 2.16. The molecule has 0 rings (SSSR count). The fourth-order valence-corrected chi connectivity index (χ4v) is 0.947. The number of carbonyl (C=O) groups excluding carboxylic acids is 2. The summed E-state index contributed by atoms with van der Waals surface area (Å²) in [6.07, 6.45) is -0.337. The molecule has 0 aromatic rings. The number of ether oxygens (including phenoxy) is 2. The monoisotopic (exact) mass is 219 g/mol. The molecule has 0 saturated carbocycles. The van der Waals surface area contributed by atoms with Crippen LogP contribution in [0.5, 0.6) is 0 Å². The highest BCUT2D eigenvalue weighted by molar-refractivity contribution is 5.79. The molecule has 0 N–H and O–H groups in total. The highest BCUT2D eigenvalue weighted by Gasteiger charge is 2.28. The van der Waals surface area contributed by atoms with E-state index in [1.807, 2.05) is 0 Å². The lowest BCUT2D eigenvalue weighted by Gasteiger charge is -2.09. The van der Waals surface area contributed by atoms with E-state index in [0.717, 1.165) is 7.11 Å². The van der Waals surface area contributed by atoms with Crippen LogP contribution in [0.2, 0.25) is 0 Å². The van der Waals surface area contributed by atoms with Crippen LogP contribution in [0.15, 0.2) is 0 Å². The van der Waals surface area contributed by atoms with Crippen LogP contribution < -0.4 is 0 Å². The summed E-state index contributed by atoms with van der Waals surface area (Å²) >= 11 is 0. The van der Waals surface area contributed by atoms with Crippen LogP contribution in [0.1, 0.15) is 13.3 Å². The maximum atomic E-state index is 11.2. The minimum absolute atomic E-state index is 0.119. The molecule has 15 heavy (non-hydrogen) atoms. The van der Waals surface area contributed by atoms with Crippen molar-refractivity contribution in [2.75, 3.05) is 20.3 Å². The first-order chi connectivity index (χ1) is 7.01. The lowest BCUT2D eigenvalue weighted by atomic mass is 10.1. The van der Waals surface area contributed by atoms with Gasteiger partial charge in [-0.1, -0.05) is 0 Å². The van der Waals surface area contributed by atoms with Gasteiger partial charge in [-0.3, -0.25) is 19.7 Å². The van der Waals surface area contributed by atoms with Gasteiger partial charge in [0.2, 0.25) is 6.54 Å². The maximum absolute atomic E-state index is 11.2. The number of hydrogen-bond donors (Lipinski definition) is 0. The second kappa shape index (κ2) is 6.74. The molecule has 0 aromatic carbocycles. The van der Waals surface area contributed by atoms with Gasteiger partial charge in [-0.15, -0.1) is 0 Å². The summed E-state index contributed by atoms with van der Waals surface area (Å²) in [5.74, 6) is -2.50. The number of esters is 2. The van der Waals surface area contributed by atoms with Gasteiger partial charge in [0.15, 0.2) is 0 Å². The molecule has 0 saturated heterocycles. The van der Waals surface area contributed by atoms with Gasteiger partial charge in [0.25, 0.3) is 0 Å². The number of nitrogens with zero attached hydrogens (tertiary/aromatic N) is 1. The fourth-order valence-electron chi connectivity index (χ4n) is 0.947. The van der Waals surface area contributed by atoms with E-state index in [-0.39, 0.29) is 13.0 Å². The Morgan fingerprint density at radius 2 is 2.07 bits per heavy atom. The van der Waals surface area contributed by atoms with E-state index >= 15 is 0 Å². The second-order valence-corrected chi connectivity index (χ2v) is 2.74. The first kappa shape index (κ1) is 13.3. The normalized spacial score (nSPS) is 11.6. The van der Waals surface area contributed by atoms with Gasteiger partial charge in [0.05, 0.1) is 20.1 Å². The molecular weight excluding hydrogens is 206 g/mol. The van der Waals surface area contributed by atoms with Crippen LogP contribution in [0.3, 0.4) is 0 Å². The number of hydrogen-bond acceptors (Lipinski definition) is 6. The Bertz CT molecular complexity index is 252. The van der Waals surface area contributed by atoms with Gasteiger partial charge in [0, 0.05) is 4.92 Å². The van der Waals surface area contributed by atoms with Crippen molar-refractivity contribution in [1.29, 1.82) is 0 Å².